The van der Waals surface area contributed by atoms with Gasteiger partial charge in [-0.2, -0.15) is 0 Å². The number of ketones is 2. The first-order chi connectivity index (χ1) is 16.4. The standard InChI is InChI=1S/C26H21Cl2NO5/c27-13-10-11-17(18(28)12-13)21-19-20(25(33)29(24(19)32)14-6-2-1-3-7-14)26(34-21)22(30)15-8-4-5-9-16(15)23(26)31/h4-5,8-12,14,19-21H,1-3,6-7H2/t19-,20-,21-/m0/s1. The number of Topliss-reactive ketones (excluding diaryl/α,β-unsaturated/α-hetero) is 2. The number of ether oxygens (including phenoxy) is 1. The molecule has 4 aliphatic rings. The first-order valence-electron chi connectivity index (χ1n) is 11.5. The van der Waals surface area contributed by atoms with E-state index in [0.717, 1.165) is 32.1 Å². The number of hydrogen-bond acceptors (Lipinski definition) is 5. The third-order valence-corrected chi connectivity index (χ3v) is 8.32. The Labute approximate surface area is 206 Å². The second-order valence-electron chi connectivity index (χ2n) is 9.49. The molecule has 3 atom stereocenters. The van der Waals surface area contributed by atoms with Crippen molar-refractivity contribution in [3.63, 3.8) is 0 Å². The fourth-order valence-electron chi connectivity index (χ4n) is 6.25. The van der Waals surface area contributed by atoms with Crippen molar-refractivity contribution in [3.05, 3.63) is 69.2 Å². The van der Waals surface area contributed by atoms with Gasteiger partial charge in [-0.15, -0.1) is 0 Å². The van der Waals surface area contributed by atoms with Crippen LogP contribution in [0.25, 0.3) is 0 Å². The van der Waals surface area contributed by atoms with Crippen LogP contribution in [0.2, 0.25) is 10.0 Å². The summed E-state index contributed by atoms with van der Waals surface area (Å²) < 4.78 is 6.27. The number of halogens is 2. The van der Waals surface area contributed by atoms with Crippen LogP contribution in [0, 0.1) is 11.8 Å². The molecule has 6 rings (SSSR count). The van der Waals surface area contributed by atoms with E-state index in [9.17, 15) is 19.2 Å². The van der Waals surface area contributed by atoms with Crippen molar-refractivity contribution in [3.8, 4) is 0 Å². The van der Waals surface area contributed by atoms with Crippen molar-refractivity contribution in [1.82, 2.24) is 4.90 Å². The normalized spacial score (nSPS) is 28.2. The predicted molar refractivity (Wildman–Crippen MR) is 124 cm³/mol. The summed E-state index contributed by atoms with van der Waals surface area (Å²) in [6.07, 6.45) is 3.32. The number of imide groups is 1. The van der Waals surface area contributed by atoms with Crippen molar-refractivity contribution < 1.29 is 23.9 Å². The zero-order valence-corrected chi connectivity index (χ0v) is 19.6. The van der Waals surface area contributed by atoms with E-state index in [0.29, 0.717) is 10.6 Å². The summed E-state index contributed by atoms with van der Waals surface area (Å²) in [6, 6.07) is 11.0. The zero-order valence-electron chi connectivity index (χ0n) is 18.1. The lowest BCUT2D eigenvalue weighted by Gasteiger charge is -2.33. The van der Waals surface area contributed by atoms with Crippen LogP contribution >= 0.6 is 23.2 Å². The molecule has 2 aromatic carbocycles. The molecule has 2 heterocycles. The number of likely N-dealkylation sites (tertiary alicyclic amines) is 1. The van der Waals surface area contributed by atoms with Crippen LogP contribution in [-0.4, -0.2) is 39.9 Å². The third kappa shape index (κ3) is 2.79. The second-order valence-corrected chi connectivity index (χ2v) is 10.3. The van der Waals surface area contributed by atoms with Gasteiger partial charge in [0.2, 0.25) is 29.0 Å². The topological polar surface area (TPSA) is 80.8 Å². The number of nitrogens with zero attached hydrogens (tertiary/aromatic N) is 1. The lowest BCUT2D eigenvalue weighted by molar-refractivity contribution is -0.148. The fraction of sp³-hybridized carbons (Fsp3) is 0.385. The molecule has 2 aromatic rings. The molecule has 0 N–H and O–H groups in total. The number of rotatable bonds is 2. The first kappa shape index (κ1) is 22.0. The quantitative estimate of drug-likeness (QED) is 0.438. The summed E-state index contributed by atoms with van der Waals surface area (Å²) >= 11 is 12.6. The minimum absolute atomic E-state index is 0.213. The molecule has 0 aromatic heterocycles. The Morgan fingerprint density at radius 1 is 0.853 bits per heavy atom. The van der Waals surface area contributed by atoms with E-state index in [-0.39, 0.29) is 22.2 Å². The van der Waals surface area contributed by atoms with Gasteiger partial charge in [-0.1, -0.05) is 72.8 Å². The smallest absolute Gasteiger partial charge is 0.237 e. The summed E-state index contributed by atoms with van der Waals surface area (Å²) in [5.74, 6) is -4.28. The highest BCUT2D eigenvalue weighted by Crippen LogP contribution is 2.58. The lowest BCUT2D eigenvalue weighted by Crippen LogP contribution is -2.52. The maximum atomic E-state index is 13.9. The van der Waals surface area contributed by atoms with Gasteiger partial charge in [0.05, 0.1) is 17.9 Å². The minimum atomic E-state index is -2.07. The summed E-state index contributed by atoms with van der Waals surface area (Å²) in [4.78, 5) is 56.5. The van der Waals surface area contributed by atoms with Gasteiger partial charge in [0.1, 0.15) is 0 Å². The molecule has 3 fully saturated rings. The molecule has 0 unspecified atom stereocenters. The molecule has 0 radical (unpaired) electrons. The van der Waals surface area contributed by atoms with Crippen LogP contribution in [0.15, 0.2) is 42.5 Å². The Bertz CT molecular complexity index is 1230. The number of benzene rings is 2. The van der Waals surface area contributed by atoms with E-state index in [1.807, 2.05) is 0 Å². The van der Waals surface area contributed by atoms with Crippen molar-refractivity contribution in [2.24, 2.45) is 11.8 Å². The molecule has 0 bridgehead atoms. The maximum Gasteiger partial charge on any atom is 0.237 e. The van der Waals surface area contributed by atoms with Gasteiger partial charge in [0.25, 0.3) is 0 Å². The average molecular weight is 498 g/mol. The highest BCUT2D eigenvalue weighted by atomic mass is 35.5. The van der Waals surface area contributed by atoms with Crippen molar-refractivity contribution in [2.45, 2.75) is 49.9 Å². The largest absolute Gasteiger partial charge is 0.349 e. The molecule has 1 spiro atoms. The molecule has 2 amide bonds. The summed E-state index contributed by atoms with van der Waals surface area (Å²) in [5.41, 5.74) is -1.21. The average Bonchev–Trinajstić information content (AvgIpc) is 3.40. The van der Waals surface area contributed by atoms with Crippen LogP contribution in [0.1, 0.15) is 64.5 Å². The van der Waals surface area contributed by atoms with Gasteiger partial charge >= 0.3 is 0 Å². The van der Waals surface area contributed by atoms with Gasteiger partial charge in [0.15, 0.2) is 0 Å². The SMILES string of the molecule is O=C1[C@H]2[C@@H](C(=O)N1C1CCCCC1)C1(O[C@H]2c2ccc(Cl)cc2Cl)C(=O)c2ccccc2C1=O. The third-order valence-electron chi connectivity index (χ3n) is 7.76. The second kappa shape index (κ2) is 7.74. The predicted octanol–water partition coefficient (Wildman–Crippen LogP) is 4.82. The van der Waals surface area contributed by atoms with Crippen LogP contribution in [0.3, 0.4) is 0 Å². The van der Waals surface area contributed by atoms with Gasteiger partial charge < -0.3 is 4.74 Å². The molecular formula is C26H21Cl2NO5. The minimum Gasteiger partial charge on any atom is -0.349 e. The Morgan fingerprint density at radius 3 is 2.12 bits per heavy atom. The molecular weight excluding hydrogens is 477 g/mol. The van der Waals surface area contributed by atoms with Crippen LogP contribution in [0.4, 0.5) is 0 Å². The van der Waals surface area contributed by atoms with E-state index in [4.69, 9.17) is 27.9 Å². The van der Waals surface area contributed by atoms with Crippen LogP contribution in [0.5, 0.6) is 0 Å². The molecule has 34 heavy (non-hydrogen) atoms. The van der Waals surface area contributed by atoms with Crippen LogP contribution in [-0.2, 0) is 14.3 Å². The Morgan fingerprint density at radius 2 is 1.50 bits per heavy atom. The summed E-state index contributed by atoms with van der Waals surface area (Å²) in [7, 11) is 0. The summed E-state index contributed by atoms with van der Waals surface area (Å²) in [5, 5.41) is 0.649. The molecule has 174 valence electrons. The Balaban J connectivity index is 1.52. The van der Waals surface area contributed by atoms with E-state index in [1.165, 1.54) is 11.0 Å². The number of amides is 2. The molecule has 2 aliphatic carbocycles. The van der Waals surface area contributed by atoms with Crippen molar-refractivity contribution in [2.75, 3.05) is 0 Å². The van der Waals surface area contributed by atoms with Gasteiger partial charge in [-0.05, 0) is 25.0 Å². The number of fused-ring (bicyclic) bond motifs is 3. The van der Waals surface area contributed by atoms with E-state index >= 15 is 0 Å². The highest BCUT2D eigenvalue weighted by Gasteiger charge is 2.75. The number of carbonyl (C=O) groups excluding carboxylic acids is 4. The zero-order chi connectivity index (χ0) is 23.8. The molecule has 2 saturated heterocycles. The molecule has 1 saturated carbocycles. The highest BCUT2D eigenvalue weighted by molar-refractivity contribution is 6.36. The maximum absolute atomic E-state index is 13.9. The van der Waals surface area contributed by atoms with E-state index in [1.54, 1.807) is 36.4 Å². The van der Waals surface area contributed by atoms with Gasteiger partial charge in [-0.3, -0.25) is 24.1 Å². The Hall–Kier alpha value is -2.54. The first-order valence-corrected chi connectivity index (χ1v) is 12.3. The molecule has 8 heteroatoms. The van der Waals surface area contributed by atoms with E-state index < -0.39 is 46.9 Å². The van der Waals surface area contributed by atoms with Crippen molar-refractivity contribution in [1.29, 1.82) is 0 Å². The van der Waals surface area contributed by atoms with E-state index in [2.05, 4.69) is 0 Å². The number of hydrogen-bond donors (Lipinski definition) is 0. The summed E-state index contributed by atoms with van der Waals surface area (Å²) in [6.45, 7) is 0. The number of carbonyl (C=O) groups is 4. The lowest BCUT2D eigenvalue weighted by atomic mass is 9.77. The monoisotopic (exact) mass is 497 g/mol. The van der Waals surface area contributed by atoms with Gasteiger partial charge in [0, 0.05) is 32.8 Å². The van der Waals surface area contributed by atoms with Crippen molar-refractivity contribution >= 4 is 46.6 Å². The van der Waals surface area contributed by atoms with Gasteiger partial charge in [-0.25, -0.2) is 0 Å². The molecule has 2 aliphatic heterocycles. The van der Waals surface area contributed by atoms with Crippen LogP contribution < -0.4 is 0 Å². The Kier molecular flexibility index (Phi) is 5.00. The fourth-order valence-corrected chi connectivity index (χ4v) is 6.77. The molecule has 6 nitrogen and oxygen atoms in total.